The summed E-state index contributed by atoms with van der Waals surface area (Å²) in [5, 5.41) is 13.7. The fourth-order valence-corrected chi connectivity index (χ4v) is 2.30. The first-order valence-electron chi connectivity index (χ1n) is 7.71. The molecule has 2 rings (SSSR count). The van der Waals surface area contributed by atoms with Crippen LogP contribution in [0.15, 0.2) is 36.4 Å². The monoisotopic (exact) mass is 346 g/mol. The number of hydrogen-bond acceptors (Lipinski definition) is 4. The predicted molar refractivity (Wildman–Crippen MR) is 91.0 cm³/mol. The third-order valence-electron chi connectivity index (χ3n) is 3.89. The van der Waals surface area contributed by atoms with E-state index in [9.17, 15) is 19.3 Å². The normalized spacial score (nSPS) is 11.7. The van der Waals surface area contributed by atoms with Crippen LogP contribution >= 0.6 is 0 Å². The van der Waals surface area contributed by atoms with Crippen LogP contribution in [0, 0.1) is 29.8 Å². The van der Waals surface area contributed by atoms with E-state index in [1.807, 2.05) is 39.0 Å². The van der Waals surface area contributed by atoms with Gasteiger partial charge in [-0.25, -0.2) is 4.39 Å². The fourth-order valence-electron chi connectivity index (χ4n) is 2.30. The summed E-state index contributed by atoms with van der Waals surface area (Å²) in [4.78, 5) is 22.2. The van der Waals surface area contributed by atoms with Crippen LogP contribution < -0.4 is 10.1 Å². The van der Waals surface area contributed by atoms with Gasteiger partial charge in [-0.3, -0.25) is 14.9 Å². The van der Waals surface area contributed by atoms with Crippen molar-refractivity contribution in [1.82, 2.24) is 5.32 Å². The smallest absolute Gasteiger partial charge is 0.311 e. The van der Waals surface area contributed by atoms with Crippen molar-refractivity contribution in [2.45, 2.75) is 26.8 Å². The summed E-state index contributed by atoms with van der Waals surface area (Å²) in [5.41, 5.74) is 2.82. The highest BCUT2D eigenvalue weighted by Gasteiger charge is 2.18. The molecule has 0 spiro atoms. The van der Waals surface area contributed by atoms with Gasteiger partial charge in [0.2, 0.25) is 5.75 Å². The molecule has 0 aliphatic carbocycles. The third kappa shape index (κ3) is 4.76. The van der Waals surface area contributed by atoms with Crippen LogP contribution in [0.4, 0.5) is 10.1 Å². The molecule has 0 radical (unpaired) electrons. The van der Waals surface area contributed by atoms with E-state index in [1.54, 1.807) is 0 Å². The lowest BCUT2D eigenvalue weighted by atomic mass is 10.0. The Hall–Kier alpha value is -2.96. The Morgan fingerprint density at radius 3 is 2.60 bits per heavy atom. The van der Waals surface area contributed by atoms with E-state index in [-0.39, 0.29) is 11.8 Å². The molecule has 0 bridgehead atoms. The van der Waals surface area contributed by atoms with Crippen molar-refractivity contribution in [1.29, 1.82) is 0 Å². The summed E-state index contributed by atoms with van der Waals surface area (Å²) in [7, 11) is 0. The van der Waals surface area contributed by atoms with Gasteiger partial charge in [0.15, 0.2) is 6.61 Å². The Bertz CT molecular complexity index is 808. The zero-order valence-electron chi connectivity index (χ0n) is 14.2. The van der Waals surface area contributed by atoms with E-state index in [2.05, 4.69) is 5.32 Å². The number of amides is 1. The van der Waals surface area contributed by atoms with Gasteiger partial charge in [0.05, 0.1) is 11.0 Å². The van der Waals surface area contributed by atoms with E-state index in [0.717, 1.165) is 34.9 Å². The molecule has 1 atom stereocenters. The zero-order valence-corrected chi connectivity index (χ0v) is 14.2. The minimum Gasteiger partial charge on any atom is -0.477 e. The van der Waals surface area contributed by atoms with Crippen molar-refractivity contribution >= 4 is 11.6 Å². The molecule has 6 nitrogen and oxygen atoms in total. The molecule has 7 heteroatoms. The van der Waals surface area contributed by atoms with Gasteiger partial charge >= 0.3 is 5.69 Å². The molecular weight excluding hydrogens is 327 g/mol. The Morgan fingerprint density at radius 1 is 1.24 bits per heavy atom. The minimum atomic E-state index is -0.690. The van der Waals surface area contributed by atoms with Crippen molar-refractivity contribution in [2.24, 2.45) is 0 Å². The van der Waals surface area contributed by atoms with Crippen molar-refractivity contribution in [3.8, 4) is 5.75 Å². The number of rotatable bonds is 6. The Kier molecular flexibility index (Phi) is 5.69. The van der Waals surface area contributed by atoms with Crippen LogP contribution in [0.3, 0.4) is 0 Å². The topological polar surface area (TPSA) is 81.5 Å². The van der Waals surface area contributed by atoms with Gasteiger partial charge in [-0.2, -0.15) is 0 Å². The molecule has 0 fully saturated rings. The maximum Gasteiger partial charge on any atom is 0.311 e. The molecule has 0 aliphatic heterocycles. The van der Waals surface area contributed by atoms with Crippen LogP contribution in [-0.4, -0.2) is 17.4 Å². The standard InChI is InChI=1S/C18H19FN2O4/c1-11-4-5-14(8-12(11)2)13(3)20-18(22)10-25-17-9-15(19)6-7-16(17)21(23)24/h4-9,13H,10H2,1-3H3,(H,20,22). The molecule has 0 aliphatic rings. The molecular formula is C18H19FN2O4. The van der Waals surface area contributed by atoms with E-state index >= 15 is 0 Å². The highest BCUT2D eigenvalue weighted by molar-refractivity contribution is 5.78. The number of benzene rings is 2. The lowest BCUT2D eigenvalue weighted by Gasteiger charge is -2.16. The van der Waals surface area contributed by atoms with Crippen LogP contribution in [0.5, 0.6) is 5.75 Å². The molecule has 2 aromatic carbocycles. The molecule has 132 valence electrons. The number of carbonyl (C=O) groups excluding carboxylic acids is 1. The number of nitro benzene ring substituents is 1. The number of carbonyl (C=O) groups is 1. The van der Waals surface area contributed by atoms with Crippen LogP contribution in [0.1, 0.15) is 29.7 Å². The fraction of sp³-hybridized carbons (Fsp3) is 0.278. The molecule has 1 unspecified atom stereocenters. The number of nitrogens with one attached hydrogen (secondary N) is 1. The molecule has 0 saturated carbocycles. The summed E-state index contributed by atoms with van der Waals surface area (Å²) in [6.45, 7) is 5.37. The highest BCUT2D eigenvalue weighted by atomic mass is 19.1. The minimum absolute atomic E-state index is 0.252. The van der Waals surface area contributed by atoms with Gasteiger partial charge < -0.3 is 10.1 Å². The van der Waals surface area contributed by atoms with Crippen molar-refractivity contribution < 1.29 is 18.8 Å². The molecule has 1 amide bonds. The number of hydrogen-bond donors (Lipinski definition) is 1. The van der Waals surface area contributed by atoms with Crippen LogP contribution in [0.25, 0.3) is 0 Å². The number of nitrogens with zero attached hydrogens (tertiary/aromatic N) is 1. The maximum atomic E-state index is 13.2. The Morgan fingerprint density at radius 2 is 1.96 bits per heavy atom. The summed E-state index contributed by atoms with van der Waals surface area (Å²) >= 11 is 0. The largest absolute Gasteiger partial charge is 0.477 e. The molecule has 0 aromatic heterocycles. The molecule has 0 saturated heterocycles. The van der Waals surface area contributed by atoms with E-state index in [1.165, 1.54) is 0 Å². The number of halogens is 1. The molecule has 1 N–H and O–H groups in total. The average Bonchev–Trinajstić information content (AvgIpc) is 2.55. The second kappa shape index (κ2) is 7.74. The third-order valence-corrected chi connectivity index (χ3v) is 3.89. The van der Waals surface area contributed by atoms with E-state index < -0.39 is 28.9 Å². The van der Waals surface area contributed by atoms with E-state index in [4.69, 9.17) is 4.74 Å². The van der Waals surface area contributed by atoms with Crippen molar-refractivity contribution in [3.05, 3.63) is 69.0 Å². The average molecular weight is 346 g/mol. The quantitative estimate of drug-likeness (QED) is 0.640. The van der Waals surface area contributed by atoms with Gasteiger partial charge in [0.1, 0.15) is 5.82 Å². The first-order chi connectivity index (χ1) is 11.8. The van der Waals surface area contributed by atoms with Gasteiger partial charge in [-0.05, 0) is 43.5 Å². The van der Waals surface area contributed by atoms with Crippen molar-refractivity contribution in [3.63, 3.8) is 0 Å². The van der Waals surface area contributed by atoms with Crippen LogP contribution in [0.2, 0.25) is 0 Å². The number of aryl methyl sites for hydroxylation is 2. The number of nitro groups is 1. The second-order valence-electron chi connectivity index (χ2n) is 5.79. The SMILES string of the molecule is Cc1ccc(C(C)NC(=O)COc2cc(F)ccc2[N+](=O)[O-])cc1C. The highest BCUT2D eigenvalue weighted by Crippen LogP contribution is 2.27. The Labute approximate surface area is 144 Å². The second-order valence-corrected chi connectivity index (χ2v) is 5.79. The van der Waals surface area contributed by atoms with Gasteiger partial charge in [-0.15, -0.1) is 0 Å². The van der Waals surface area contributed by atoms with Gasteiger partial charge in [-0.1, -0.05) is 18.2 Å². The van der Waals surface area contributed by atoms with Crippen LogP contribution in [-0.2, 0) is 4.79 Å². The lowest BCUT2D eigenvalue weighted by molar-refractivity contribution is -0.385. The maximum absolute atomic E-state index is 13.2. The first kappa shape index (κ1) is 18.4. The summed E-state index contributed by atoms with van der Waals surface area (Å²) in [6.07, 6.45) is 0. The molecule has 0 heterocycles. The summed E-state index contributed by atoms with van der Waals surface area (Å²) in [6, 6.07) is 8.48. The summed E-state index contributed by atoms with van der Waals surface area (Å²) < 4.78 is 18.4. The number of ether oxygens (including phenoxy) is 1. The van der Waals surface area contributed by atoms with E-state index in [0.29, 0.717) is 0 Å². The predicted octanol–water partition coefficient (Wildman–Crippen LogP) is 3.61. The Balaban J connectivity index is 2.00. The lowest BCUT2D eigenvalue weighted by Crippen LogP contribution is -2.31. The first-order valence-corrected chi connectivity index (χ1v) is 7.71. The molecule has 2 aromatic rings. The van der Waals surface area contributed by atoms with Gasteiger partial charge in [0, 0.05) is 12.1 Å². The van der Waals surface area contributed by atoms with Gasteiger partial charge in [0.25, 0.3) is 5.91 Å². The van der Waals surface area contributed by atoms with Crippen molar-refractivity contribution in [2.75, 3.05) is 6.61 Å². The summed E-state index contributed by atoms with van der Waals surface area (Å²) in [5.74, 6) is -1.41. The molecule has 25 heavy (non-hydrogen) atoms. The zero-order chi connectivity index (χ0) is 18.6.